The average Bonchev–Trinajstić information content (AvgIpc) is 2.39. The Hall–Kier alpha value is -1.88. The molecule has 5 heteroatoms. The molecule has 1 rings (SSSR count). The van der Waals surface area contributed by atoms with Crippen molar-refractivity contribution in [2.45, 2.75) is 25.8 Å². The van der Waals surface area contributed by atoms with E-state index in [4.69, 9.17) is 10.8 Å². The predicted octanol–water partition coefficient (Wildman–Crippen LogP) is 1.12. The molecule has 0 aromatic heterocycles. The monoisotopic (exact) mass is 264 g/mol. The summed E-state index contributed by atoms with van der Waals surface area (Å²) < 4.78 is 0. The minimum atomic E-state index is -0.988. The zero-order chi connectivity index (χ0) is 14.4. The van der Waals surface area contributed by atoms with E-state index in [0.29, 0.717) is 18.5 Å². The summed E-state index contributed by atoms with van der Waals surface area (Å²) in [6.07, 6.45) is 1.14. The Morgan fingerprint density at radius 3 is 2.32 bits per heavy atom. The molecule has 0 bridgehead atoms. The fourth-order valence-electron chi connectivity index (χ4n) is 1.94. The van der Waals surface area contributed by atoms with Gasteiger partial charge in [0.25, 0.3) is 5.91 Å². The first-order valence-corrected chi connectivity index (χ1v) is 6.30. The van der Waals surface area contributed by atoms with E-state index in [1.165, 1.54) is 11.9 Å². The summed E-state index contributed by atoms with van der Waals surface area (Å²) in [6, 6.07) is 6.30. The molecule has 1 amide bonds. The van der Waals surface area contributed by atoms with Crippen molar-refractivity contribution in [3.8, 4) is 0 Å². The Labute approximate surface area is 113 Å². The predicted molar refractivity (Wildman–Crippen MR) is 73.0 cm³/mol. The molecule has 0 saturated heterocycles. The van der Waals surface area contributed by atoms with E-state index in [2.05, 4.69) is 0 Å². The number of hydrogen-bond donors (Lipinski definition) is 2. The van der Waals surface area contributed by atoms with Gasteiger partial charge in [-0.1, -0.05) is 19.1 Å². The quantitative estimate of drug-likeness (QED) is 0.806. The van der Waals surface area contributed by atoms with Crippen LogP contribution in [0.2, 0.25) is 0 Å². The second-order valence-electron chi connectivity index (χ2n) is 4.41. The normalized spacial score (nSPS) is 11.9. The fraction of sp³-hybridized carbons (Fsp3) is 0.429. The van der Waals surface area contributed by atoms with Crippen LogP contribution < -0.4 is 5.73 Å². The Morgan fingerprint density at radius 2 is 1.89 bits per heavy atom. The number of amides is 1. The lowest BCUT2D eigenvalue weighted by Gasteiger charge is -2.23. The van der Waals surface area contributed by atoms with Gasteiger partial charge >= 0.3 is 5.97 Å². The van der Waals surface area contributed by atoms with E-state index >= 15 is 0 Å². The highest BCUT2D eigenvalue weighted by molar-refractivity contribution is 5.96. The van der Waals surface area contributed by atoms with E-state index in [-0.39, 0.29) is 5.91 Å². The molecule has 0 fully saturated rings. The van der Waals surface area contributed by atoms with Crippen molar-refractivity contribution >= 4 is 11.9 Å². The highest BCUT2D eigenvalue weighted by Gasteiger charge is 2.25. The lowest BCUT2D eigenvalue weighted by molar-refractivity contribution is -0.142. The van der Waals surface area contributed by atoms with Crippen molar-refractivity contribution in [2.24, 2.45) is 5.73 Å². The molecular formula is C14H20N2O3. The number of hydrogen-bond acceptors (Lipinski definition) is 3. The molecule has 0 spiro atoms. The summed E-state index contributed by atoms with van der Waals surface area (Å²) >= 11 is 0. The molecule has 1 aromatic carbocycles. The summed E-state index contributed by atoms with van der Waals surface area (Å²) in [5.74, 6) is -1.27. The zero-order valence-corrected chi connectivity index (χ0v) is 11.3. The average molecular weight is 264 g/mol. The van der Waals surface area contributed by atoms with Gasteiger partial charge in [0.2, 0.25) is 0 Å². The molecule has 104 valence electrons. The largest absolute Gasteiger partial charge is 0.480 e. The molecular weight excluding hydrogens is 244 g/mol. The molecule has 0 aliphatic carbocycles. The highest BCUT2D eigenvalue weighted by Crippen LogP contribution is 2.11. The number of carbonyl (C=O) groups excluding carboxylic acids is 1. The number of nitrogens with two attached hydrogens (primary N) is 1. The van der Waals surface area contributed by atoms with Gasteiger partial charge in [-0.25, -0.2) is 4.79 Å². The molecule has 1 atom stereocenters. The first-order chi connectivity index (χ1) is 9.01. The Balaban J connectivity index is 2.84. The molecule has 0 radical (unpaired) electrons. The van der Waals surface area contributed by atoms with Gasteiger partial charge in [0.15, 0.2) is 0 Å². The van der Waals surface area contributed by atoms with Gasteiger partial charge in [-0.2, -0.15) is 0 Å². The van der Waals surface area contributed by atoms with E-state index in [1.54, 1.807) is 19.1 Å². The summed E-state index contributed by atoms with van der Waals surface area (Å²) in [7, 11) is 1.51. The van der Waals surface area contributed by atoms with Gasteiger partial charge in [0, 0.05) is 12.6 Å². The van der Waals surface area contributed by atoms with Crippen LogP contribution in [0.4, 0.5) is 0 Å². The number of carboxylic acid groups (broad SMARTS) is 1. The van der Waals surface area contributed by atoms with Crippen LogP contribution in [0, 0.1) is 0 Å². The third-order valence-electron chi connectivity index (χ3n) is 3.09. The first-order valence-electron chi connectivity index (χ1n) is 6.30. The van der Waals surface area contributed by atoms with Gasteiger partial charge in [0.05, 0.1) is 0 Å². The SMILES string of the molecule is CCC(C(=O)O)N(C)C(=O)c1ccc(CCN)cc1. The van der Waals surface area contributed by atoms with Crippen molar-refractivity contribution in [3.63, 3.8) is 0 Å². The molecule has 3 N–H and O–H groups in total. The summed E-state index contributed by atoms with van der Waals surface area (Å²) in [6.45, 7) is 2.30. The van der Waals surface area contributed by atoms with Crippen LogP contribution >= 0.6 is 0 Å². The summed E-state index contributed by atoms with van der Waals surface area (Å²) in [5, 5.41) is 9.05. The number of benzene rings is 1. The van der Waals surface area contributed by atoms with Crippen molar-refractivity contribution < 1.29 is 14.7 Å². The maximum Gasteiger partial charge on any atom is 0.326 e. The lowest BCUT2D eigenvalue weighted by Crippen LogP contribution is -2.41. The van der Waals surface area contributed by atoms with Gasteiger partial charge in [-0.05, 0) is 37.1 Å². The van der Waals surface area contributed by atoms with Gasteiger partial charge in [-0.15, -0.1) is 0 Å². The molecule has 0 heterocycles. The van der Waals surface area contributed by atoms with Crippen molar-refractivity contribution in [2.75, 3.05) is 13.6 Å². The van der Waals surface area contributed by atoms with E-state index in [9.17, 15) is 9.59 Å². The van der Waals surface area contributed by atoms with Crippen molar-refractivity contribution in [3.05, 3.63) is 35.4 Å². The van der Waals surface area contributed by atoms with Crippen LogP contribution in [0.3, 0.4) is 0 Å². The number of nitrogens with zero attached hydrogens (tertiary/aromatic N) is 1. The van der Waals surface area contributed by atoms with Crippen LogP contribution in [0.25, 0.3) is 0 Å². The Bertz CT molecular complexity index is 443. The van der Waals surface area contributed by atoms with Crippen LogP contribution in [0.15, 0.2) is 24.3 Å². The zero-order valence-electron chi connectivity index (χ0n) is 11.3. The van der Waals surface area contributed by atoms with Crippen LogP contribution in [-0.2, 0) is 11.2 Å². The smallest absolute Gasteiger partial charge is 0.326 e. The molecule has 0 aliphatic rings. The standard InChI is InChI=1S/C14H20N2O3/c1-3-12(14(18)19)16(2)13(17)11-6-4-10(5-7-11)8-9-15/h4-7,12H,3,8-9,15H2,1-2H3,(H,18,19). The van der Waals surface area contributed by atoms with Crippen LogP contribution in [-0.4, -0.2) is 41.5 Å². The summed E-state index contributed by atoms with van der Waals surface area (Å²) in [4.78, 5) is 24.5. The number of rotatable bonds is 6. The van der Waals surface area contributed by atoms with E-state index < -0.39 is 12.0 Å². The first kappa shape index (κ1) is 15.2. The molecule has 0 aliphatic heterocycles. The third kappa shape index (κ3) is 3.79. The van der Waals surface area contributed by atoms with Gasteiger partial charge < -0.3 is 15.7 Å². The maximum absolute atomic E-state index is 12.2. The van der Waals surface area contributed by atoms with E-state index in [1.807, 2.05) is 12.1 Å². The third-order valence-corrected chi connectivity index (χ3v) is 3.09. The van der Waals surface area contributed by atoms with Gasteiger partial charge in [0.1, 0.15) is 6.04 Å². The number of carbonyl (C=O) groups is 2. The number of likely N-dealkylation sites (N-methyl/N-ethyl adjacent to an activating group) is 1. The fourth-order valence-corrected chi connectivity index (χ4v) is 1.94. The molecule has 19 heavy (non-hydrogen) atoms. The topological polar surface area (TPSA) is 83.6 Å². The minimum absolute atomic E-state index is 0.284. The summed E-state index contributed by atoms with van der Waals surface area (Å²) in [5.41, 5.74) is 7.01. The second-order valence-corrected chi connectivity index (χ2v) is 4.41. The molecule has 5 nitrogen and oxygen atoms in total. The molecule has 1 unspecified atom stereocenters. The molecule has 0 saturated carbocycles. The minimum Gasteiger partial charge on any atom is -0.480 e. The number of aliphatic carboxylic acids is 1. The highest BCUT2D eigenvalue weighted by atomic mass is 16.4. The Morgan fingerprint density at radius 1 is 1.32 bits per heavy atom. The lowest BCUT2D eigenvalue weighted by atomic mass is 10.1. The van der Waals surface area contributed by atoms with Gasteiger partial charge in [-0.3, -0.25) is 4.79 Å². The Kier molecular flexibility index (Phi) is 5.51. The van der Waals surface area contributed by atoms with Crippen LogP contribution in [0.1, 0.15) is 29.3 Å². The molecule has 1 aromatic rings. The van der Waals surface area contributed by atoms with Crippen molar-refractivity contribution in [1.29, 1.82) is 0 Å². The second kappa shape index (κ2) is 6.89. The van der Waals surface area contributed by atoms with Crippen molar-refractivity contribution in [1.82, 2.24) is 4.90 Å². The van der Waals surface area contributed by atoms with Crippen LogP contribution in [0.5, 0.6) is 0 Å². The maximum atomic E-state index is 12.2. The number of carboxylic acids is 1. The van der Waals surface area contributed by atoms with E-state index in [0.717, 1.165) is 12.0 Å².